The number of methoxy groups -OCH3 is 2. The summed E-state index contributed by atoms with van der Waals surface area (Å²) in [6.07, 6.45) is 1.28. The van der Waals surface area contributed by atoms with Crippen molar-refractivity contribution in [2.24, 2.45) is 0 Å². The maximum Gasteiger partial charge on any atom is 0.194 e. The van der Waals surface area contributed by atoms with Crippen LogP contribution in [-0.4, -0.2) is 32.5 Å². The molecule has 4 heteroatoms. The summed E-state index contributed by atoms with van der Waals surface area (Å²) in [5.41, 5.74) is 0. The SMILES string of the molecule is COC(C[O])(CCCCl)OC. The normalized spacial score (nSPS) is 12.0. The van der Waals surface area contributed by atoms with Gasteiger partial charge in [0.25, 0.3) is 0 Å². The number of halogens is 1. The molecule has 0 saturated heterocycles. The topological polar surface area (TPSA) is 38.4 Å². The second-order valence-corrected chi connectivity index (χ2v) is 2.63. The van der Waals surface area contributed by atoms with Gasteiger partial charge in [-0.1, -0.05) is 0 Å². The first-order chi connectivity index (χ1) is 5.24. The van der Waals surface area contributed by atoms with Crippen LogP contribution in [0.3, 0.4) is 0 Å². The van der Waals surface area contributed by atoms with E-state index >= 15 is 0 Å². The number of ether oxygens (including phenoxy) is 2. The zero-order valence-electron chi connectivity index (χ0n) is 6.93. The minimum atomic E-state index is -0.963. The molecule has 3 nitrogen and oxygen atoms in total. The second kappa shape index (κ2) is 5.77. The largest absolute Gasteiger partial charge is 0.351 e. The molecule has 0 rings (SSSR count). The van der Waals surface area contributed by atoms with Crippen molar-refractivity contribution in [3.63, 3.8) is 0 Å². The molecule has 0 bridgehead atoms. The Labute approximate surface area is 72.3 Å². The third-order valence-corrected chi connectivity index (χ3v) is 1.92. The van der Waals surface area contributed by atoms with E-state index in [0.717, 1.165) is 6.42 Å². The van der Waals surface area contributed by atoms with Gasteiger partial charge in [-0.3, -0.25) is 0 Å². The molecule has 1 radical (unpaired) electrons. The number of hydrogen-bond acceptors (Lipinski definition) is 2. The standard InChI is InChI=1S/C7H14ClO3/c1-10-7(6-9,11-2)4-3-5-8/h3-6H2,1-2H3. The quantitative estimate of drug-likeness (QED) is 0.459. The molecule has 0 spiro atoms. The Bertz CT molecular complexity index is 85.4. The Morgan fingerprint density at radius 2 is 1.91 bits per heavy atom. The molecular weight excluding hydrogens is 168 g/mol. The minimum absolute atomic E-state index is 0.392. The van der Waals surface area contributed by atoms with Crippen molar-refractivity contribution in [1.82, 2.24) is 0 Å². The highest BCUT2D eigenvalue weighted by atomic mass is 35.5. The van der Waals surface area contributed by atoms with Crippen molar-refractivity contribution in [2.45, 2.75) is 18.6 Å². The fourth-order valence-electron chi connectivity index (χ4n) is 0.814. The van der Waals surface area contributed by atoms with Gasteiger partial charge in [0.15, 0.2) is 5.79 Å². The molecule has 0 aliphatic rings. The van der Waals surface area contributed by atoms with Gasteiger partial charge in [0.05, 0.1) is 0 Å². The fourth-order valence-corrected chi connectivity index (χ4v) is 0.947. The zero-order valence-corrected chi connectivity index (χ0v) is 7.69. The predicted octanol–water partition coefficient (Wildman–Crippen LogP) is 1.43. The maximum absolute atomic E-state index is 10.6. The lowest BCUT2D eigenvalue weighted by atomic mass is 10.1. The van der Waals surface area contributed by atoms with Gasteiger partial charge in [0.1, 0.15) is 6.61 Å². The van der Waals surface area contributed by atoms with E-state index in [1.807, 2.05) is 0 Å². The smallest absolute Gasteiger partial charge is 0.194 e. The van der Waals surface area contributed by atoms with Gasteiger partial charge >= 0.3 is 0 Å². The first kappa shape index (κ1) is 11.2. The van der Waals surface area contributed by atoms with Crippen LogP contribution >= 0.6 is 11.6 Å². The van der Waals surface area contributed by atoms with Crippen molar-refractivity contribution in [3.8, 4) is 0 Å². The van der Waals surface area contributed by atoms with Crippen molar-refractivity contribution in [1.29, 1.82) is 0 Å². The van der Waals surface area contributed by atoms with E-state index in [-0.39, 0.29) is 0 Å². The van der Waals surface area contributed by atoms with Gasteiger partial charge in [0.2, 0.25) is 0 Å². The fraction of sp³-hybridized carbons (Fsp3) is 1.00. The lowest BCUT2D eigenvalue weighted by Gasteiger charge is -2.27. The van der Waals surface area contributed by atoms with Crippen LogP contribution in [0.15, 0.2) is 0 Å². The Kier molecular flexibility index (Phi) is 5.86. The van der Waals surface area contributed by atoms with Crippen LogP contribution in [-0.2, 0) is 14.6 Å². The molecule has 0 N–H and O–H groups in total. The van der Waals surface area contributed by atoms with Gasteiger partial charge in [-0.05, 0) is 6.42 Å². The van der Waals surface area contributed by atoms with Crippen LogP contribution in [0.2, 0.25) is 0 Å². The monoisotopic (exact) mass is 181 g/mol. The third kappa shape index (κ3) is 3.38. The molecule has 0 unspecified atom stereocenters. The summed E-state index contributed by atoms with van der Waals surface area (Å²) in [6.45, 7) is -0.392. The van der Waals surface area contributed by atoms with E-state index in [1.54, 1.807) is 0 Å². The number of alkyl halides is 1. The molecule has 0 saturated carbocycles. The molecule has 0 fully saturated rings. The molecule has 0 atom stereocenters. The van der Waals surface area contributed by atoms with Crippen LogP contribution in [0.25, 0.3) is 0 Å². The first-order valence-corrected chi connectivity index (χ1v) is 4.02. The molecule has 0 aromatic carbocycles. The maximum atomic E-state index is 10.6. The second-order valence-electron chi connectivity index (χ2n) is 2.26. The van der Waals surface area contributed by atoms with E-state index in [0.29, 0.717) is 12.3 Å². The predicted molar refractivity (Wildman–Crippen MR) is 42.3 cm³/mol. The summed E-state index contributed by atoms with van der Waals surface area (Å²) in [6, 6.07) is 0. The Balaban J connectivity index is 3.84. The molecule has 67 valence electrons. The van der Waals surface area contributed by atoms with Gasteiger partial charge < -0.3 is 9.47 Å². The van der Waals surface area contributed by atoms with Gasteiger partial charge in [0, 0.05) is 26.5 Å². The molecular formula is C7H14ClO3. The van der Waals surface area contributed by atoms with Gasteiger partial charge in [-0.2, -0.15) is 0 Å². The lowest BCUT2D eigenvalue weighted by molar-refractivity contribution is -0.239. The summed E-state index contributed by atoms with van der Waals surface area (Å²) >= 11 is 5.47. The highest BCUT2D eigenvalue weighted by Crippen LogP contribution is 2.17. The van der Waals surface area contributed by atoms with Crippen molar-refractivity contribution >= 4 is 11.6 Å². The molecule has 0 heterocycles. The first-order valence-electron chi connectivity index (χ1n) is 3.49. The molecule has 0 aromatic rings. The number of hydrogen-bond donors (Lipinski definition) is 0. The van der Waals surface area contributed by atoms with E-state index in [4.69, 9.17) is 21.1 Å². The van der Waals surface area contributed by atoms with Crippen LogP contribution in [0, 0.1) is 0 Å². The lowest BCUT2D eigenvalue weighted by Crippen LogP contribution is -2.37. The van der Waals surface area contributed by atoms with Crippen molar-refractivity contribution in [3.05, 3.63) is 0 Å². The van der Waals surface area contributed by atoms with Crippen LogP contribution < -0.4 is 0 Å². The highest BCUT2D eigenvalue weighted by molar-refractivity contribution is 6.17. The molecule has 0 amide bonds. The highest BCUT2D eigenvalue weighted by Gasteiger charge is 2.28. The summed E-state index contributed by atoms with van der Waals surface area (Å²) in [5, 5.41) is 10.6. The van der Waals surface area contributed by atoms with Crippen molar-refractivity contribution in [2.75, 3.05) is 26.7 Å². The summed E-state index contributed by atoms with van der Waals surface area (Å²) in [5.74, 6) is -0.441. The summed E-state index contributed by atoms with van der Waals surface area (Å²) < 4.78 is 9.89. The molecule has 0 aliphatic carbocycles. The van der Waals surface area contributed by atoms with Gasteiger partial charge in [-0.15, -0.1) is 11.6 Å². The average molecular weight is 182 g/mol. The summed E-state index contributed by atoms with van der Waals surface area (Å²) in [4.78, 5) is 0. The van der Waals surface area contributed by atoms with E-state index in [1.165, 1.54) is 14.2 Å². The minimum Gasteiger partial charge on any atom is -0.351 e. The average Bonchev–Trinajstić information content (AvgIpc) is 2.08. The zero-order chi connectivity index (χ0) is 8.74. The molecule has 11 heavy (non-hydrogen) atoms. The third-order valence-electron chi connectivity index (χ3n) is 1.66. The van der Waals surface area contributed by atoms with Crippen LogP contribution in [0.1, 0.15) is 12.8 Å². The van der Waals surface area contributed by atoms with Crippen LogP contribution in [0.5, 0.6) is 0 Å². The molecule has 0 aromatic heterocycles. The Morgan fingerprint density at radius 3 is 2.18 bits per heavy atom. The van der Waals surface area contributed by atoms with E-state index in [2.05, 4.69) is 0 Å². The van der Waals surface area contributed by atoms with E-state index < -0.39 is 12.4 Å². The van der Waals surface area contributed by atoms with Crippen LogP contribution in [0.4, 0.5) is 0 Å². The molecule has 0 aliphatic heterocycles. The Morgan fingerprint density at radius 1 is 1.36 bits per heavy atom. The van der Waals surface area contributed by atoms with E-state index in [9.17, 15) is 5.11 Å². The van der Waals surface area contributed by atoms with Crippen molar-refractivity contribution < 1.29 is 14.6 Å². The Hall–Kier alpha value is 0.170. The number of rotatable bonds is 6. The summed E-state index contributed by atoms with van der Waals surface area (Å²) in [7, 11) is 2.94. The van der Waals surface area contributed by atoms with Gasteiger partial charge in [-0.25, -0.2) is 5.11 Å².